The number of pyridine rings is 1. The zero-order chi connectivity index (χ0) is 18.4. The van der Waals surface area contributed by atoms with E-state index in [0.717, 1.165) is 47.2 Å². The molecular formula is C21H26N4O. The van der Waals surface area contributed by atoms with Crippen LogP contribution < -0.4 is 4.74 Å². The zero-order valence-corrected chi connectivity index (χ0v) is 15.8. The third-order valence-corrected chi connectivity index (χ3v) is 4.35. The van der Waals surface area contributed by atoms with Crippen LogP contribution in [-0.2, 0) is 0 Å². The number of aromatic nitrogens is 2. The number of azo groups is 1. The predicted molar refractivity (Wildman–Crippen MR) is 105 cm³/mol. The van der Waals surface area contributed by atoms with Crippen molar-refractivity contribution in [1.29, 1.82) is 0 Å². The fraction of sp³-hybridized carbons (Fsp3) is 0.381. The van der Waals surface area contributed by atoms with Crippen LogP contribution >= 0.6 is 0 Å². The fourth-order valence-corrected chi connectivity index (χ4v) is 2.86. The normalized spacial score (nSPS) is 11.5. The molecule has 0 saturated carbocycles. The highest BCUT2D eigenvalue weighted by Crippen LogP contribution is 2.25. The maximum Gasteiger partial charge on any atom is 0.182 e. The molecule has 0 N–H and O–H groups in total. The van der Waals surface area contributed by atoms with Crippen molar-refractivity contribution in [3.63, 3.8) is 0 Å². The maximum absolute atomic E-state index is 5.76. The average molecular weight is 350 g/mol. The van der Waals surface area contributed by atoms with Gasteiger partial charge in [0.05, 0.1) is 18.0 Å². The summed E-state index contributed by atoms with van der Waals surface area (Å²) in [7, 11) is 0. The minimum atomic E-state index is 0.764. The fourth-order valence-electron chi connectivity index (χ4n) is 2.86. The first kappa shape index (κ1) is 18.1. The number of rotatable bonds is 8. The molecule has 0 atom stereocenters. The molecule has 26 heavy (non-hydrogen) atoms. The van der Waals surface area contributed by atoms with Crippen LogP contribution in [0.2, 0.25) is 0 Å². The Morgan fingerprint density at radius 1 is 1.00 bits per heavy atom. The van der Waals surface area contributed by atoms with Gasteiger partial charge in [0.15, 0.2) is 5.82 Å². The molecule has 0 bridgehead atoms. The third kappa shape index (κ3) is 4.28. The van der Waals surface area contributed by atoms with Crippen molar-refractivity contribution < 1.29 is 4.74 Å². The Balaban J connectivity index is 1.66. The minimum Gasteiger partial charge on any atom is -0.494 e. The predicted octanol–water partition coefficient (Wildman–Crippen LogP) is 6.33. The van der Waals surface area contributed by atoms with Crippen LogP contribution in [0.3, 0.4) is 0 Å². The van der Waals surface area contributed by atoms with Gasteiger partial charge in [0.25, 0.3) is 0 Å². The van der Waals surface area contributed by atoms with E-state index in [2.05, 4.69) is 22.1 Å². The molecule has 0 aliphatic rings. The van der Waals surface area contributed by atoms with Crippen LogP contribution in [-0.4, -0.2) is 16.0 Å². The van der Waals surface area contributed by atoms with Gasteiger partial charge in [0.2, 0.25) is 0 Å². The van der Waals surface area contributed by atoms with Crippen molar-refractivity contribution in [2.24, 2.45) is 10.2 Å². The molecular weight excluding hydrogens is 324 g/mol. The van der Waals surface area contributed by atoms with E-state index in [4.69, 9.17) is 4.74 Å². The summed E-state index contributed by atoms with van der Waals surface area (Å²) in [5.41, 5.74) is 3.71. The Morgan fingerprint density at radius 2 is 1.81 bits per heavy atom. The van der Waals surface area contributed by atoms with Crippen LogP contribution in [0.15, 0.2) is 52.8 Å². The van der Waals surface area contributed by atoms with Crippen LogP contribution in [0.1, 0.15) is 43.9 Å². The summed E-state index contributed by atoms with van der Waals surface area (Å²) in [6.07, 6.45) is 6.80. The summed E-state index contributed by atoms with van der Waals surface area (Å²) in [5.74, 6) is 1.64. The number of imidazole rings is 1. The summed E-state index contributed by atoms with van der Waals surface area (Å²) in [6, 6.07) is 11.8. The topological polar surface area (TPSA) is 51.2 Å². The lowest BCUT2D eigenvalue weighted by molar-refractivity contribution is 0.305. The molecule has 2 aromatic heterocycles. The van der Waals surface area contributed by atoms with E-state index in [1.807, 2.05) is 60.8 Å². The molecule has 0 aliphatic heterocycles. The number of aryl methyl sites for hydroxylation is 2. The van der Waals surface area contributed by atoms with Gasteiger partial charge in [0, 0.05) is 6.20 Å². The van der Waals surface area contributed by atoms with Crippen molar-refractivity contribution in [1.82, 2.24) is 9.38 Å². The van der Waals surface area contributed by atoms with Crippen molar-refractivity contribution >= 4 is 17.2 Å². The molecule has 1 aromatic carbocycles. The highest BCUT2D eigenvalue weighted by Gasteiger charge is 2.09. The van der Waals surface area contributed by atoms with Crippen LogP contribution in [0.5, 0.6) is 5.75 Å². The maximum atomic E-state index is 5.76. The van der Waals surface area contributed by atoms with Gasteiger partial charge >= 0.3 is 0 Å². The Bertz CT molecular complexity index is 881. The number of hydrogen-bond donors (Lipinski definition) is 0. The smallest absolute Gasteiger partial charge is 0.182 e. The van der Waals surface area contributed by atoms with E-state index >= 15 is 0 Å². The lowest BCUT2D eigenvalue weighted by atomic mass is 10.2. The molecule has 5 heteroatoms. The van der Waals surface area contributed by atoms with Gasteiger partial charge in [-0.05, 0) is 56.2 Å². The summed E-state index contributed by atoms with van der Waals surface area (Å²) in [4.78, 5) is 4.58. The Morgan fingerprint density at radius 3 is 2.58 bits per heavy atom. The number of unbranched alkanes of at least 4 members (excludes halogenated alkanes) is 3. The van der Waals surface area contributed by atoms with Crippen LogP contribution in [0.4, 0.5) is 11.5 Å². The molecule has 0 radical (unpaired) electrons. The molecule has 0 aliphatic carbocycles. The number of ether oxygens (including phenoxy) is 1. The first-order valence-electron chi connectivity index (χ1n) is 9.28. The highest BCUT2D eigenvalue weighted by atomic mass is 16.5. The number of nitrogens with zero attached hydrogens (tertiary/aromatic N) is 4. The molecule has 2 heterocycles. The van der Waals surface area contributed by atoms with E-state index in [9.17, 15) is 0 Å². The largest absolute Gasteiger partial charge is 0.494 e. The van der Waals surface area contributed by atoms with Crippen molar-refractivity contribution in [3.8, 4) is 5.75 Å². The van der Waals surface area contributed by atoms with E-state index in [0.29, 0.717) is 0 Å². The summed E-state index contributed by atoms with van der Waals surface area (Å²) in [6.45, 7) is 6.98. The van der Waals surface area contributed by atoms with Gasteiger partial charge in [0.1, 0.15) is 11.4 Å². The van der Waals surface area contributed by atoms with Gasteiger partial charge in [-0.15, -0.1) is 10.2 Å². The molecule has 0 fully saturated rings. The molecule has 0 amide bonds. The van der Waals surface area contributed by atoms with E-state index in [1.54, 1.807) is 0 Å². The van der Waals surface area contributed by atoms with Crippen molar-refractivity contribution in [2.75, 3.05) is 6.61 Å². The molecule has 136 valence electrons. The second kappa shape index (κ2) is 8.61. The highest BCUT2D eigenvalue weighted by molar-refractivity contribution is 5.56. The van der Waals surface area contributed by atoms with Gasteiger partial charge in [-0.1, -0.05) is 32.3 Å². The Labute approximate surface area is 154 Å². The average Bonchev–Trinajstić information content (AvgIpc) is 2.98. The lowest BCUT2D eigenvalue weighted by Gasteiger charge is -2.05. The molecule has 0 saturated heterocycles. The van der Waals surface area contributed by atoms with Gasteiger partial charge in [-0.2, -0.15) is 0 Å². The monoisotopic (exact) mass is 350 g/mol. The first-order valence-corrected chi connectivity index (χ1v) is 9.28. The molecule has 3 aromatic rings. The van der Waals surface area contributed by atoms with E-state index < -0.39 is 0 Å². The SMILES string of the molecule is CCCCCCOc1ccc(N=Nc2c(C)nc3c(C)cccn23)cc1. The van der Waals surface area contributed by atoms with E-state index in [-0.39, 0.29) is 0 Å². The minimum absolute atomic E-state index is 0.764. The molecule has 3 rings (SSSR count). The first-order chi connectivity index (χ1) is 12.7. The molecule has 5 nitrogen and oxygen atoms in total. The molecule has 0 spiro atoms. The number of benzene rings is 1. The molecule has 0 unspecified atom stereocenters. The summed E-state index contributed by atoms with van der Waals surface area (Å²) in [5, 5.41) is 8.78. The summed E-state index contributed by atoms with van der Waals surface area (Å²) >= 11 is 0. The second-order valence-corrected chi connectivity index (χ2v) is 6.51. The lowest BCUT2D eigenvalue weighted by Crippen LogP contribution is -1.96. The van der Waals surface area contributed by atoms with Gasteiger partial charge in [-0.3, -0.25) is 4.40 Å². The van der Waals surface area contributed by atoms with Gasteiger partial charge < -0.3 is 4.74 Å². The number of fused-ring (bicyclic) bond motifs is 1. The Hall–Kier alpha value is -2.69. The Kier molecular flexibility index (Phi) is 6.00. The van der Waals surface area contributed by atoms with Crippen LogP contribution in [0, 0.1) is 13.8 Å². The second-order valence-electron chi connectivity index (χ2n) is 6.51. The summed E-state index contributed by atoms with van der Waals surface area (Å²) < 4.78 is 7.74. The standard InChI is InChI=1S/C21H26N4O/c1-4-5-6-7-15-26-19-12-10-18(11-13-19)23-24-21-17(3)22-20-16(2)9-8-14-25(20)21/h8-14H,4-7,15H2,1-3H3. The van der Waals surface area contributed by atoms with Crippen LogP contribution in [0.25, 0.3) is 5.65 Å². The van der Waals surface area contributed by atoms with Crippen molar-refractivity contribution in [3.05, 3.63) is 53.9 Å². The third-order valence-electron chi connectivity index (χ3n) is 4.35. The zero-order valence-electron chi connectivity index (χ0n) is 15.8. The van der Waals surface area contributed by atoms with Crippen molar-refractivity contribution in [2.45, 2.75) is 46.5 Å². The number of hydrogen-bond acceptors (Lipinski definition) is 4. The van der Waals surface area contributed by atoms with Gasteiger partial charge in [-0.25, -0.2) is 4.98 Å². The van der Waals surface area contributed by atoms with E-state index in [1.165, 1.54) is 19.3 Å². The quantitative estimate of drug-likeness (QED) is 0.352.